The number of nitrogens with zero attached hydrogens (tertiary/aromatic N) is 1. The maximum atomic E-state index is 13.1. The normalized spacial score (nSPS) is 20.3. The Labute approximate surface area is 131 Å². The Balaban J connectivity index is 2.35. The SMILES string of the molecule is CCOC(=O)/C(C)=C/c1ccc(C2(C(F)(F)F)C=N2)cc1OC. The van der Waals surface area contributed by atoms with E-state index in [4.69, 9.17) is 9.47 Å². The van der Waals surface area contributed by atoms with Crippen molar-refractivity contribution in [3.8, 4) is 5.75 Å². The molecule has 0 aliphatic carbocycles. The Hall–Kier alpha value is -2.31. The second-order valence-corrected chi connectivity index (χ2v) is 5.03. The van der Waals surface area contributed by atoms with E-state index in [1.807, 2.05) is 0 Å². The lowest BCUT2D eigenvalue weighted by atomic mass is 9.95. The van der Waals surface area contributed by atoms with Gasteiger partial charge in [-0.2, -0.15) is 13.2 Å². The van der Waals surface area contributed by atoms with Gasteiger partial charge >= 0.3 is 12.1 Å². The van der Waals surface area contributed by atoms with Crippen LogP contribution in [0, 0.1) is 0 Å². The number of methoxy groups -OCH3 is 1. The zero-order chi connectivity index (χ0) is 17.3. The van der Waals surface area contributed by atoms with Gasteiger partial charge in [0.15, 0.2) is 0 Å². The van der Waals surface area contributed by atoms with Crippen molar-refractivity contribution in [3.63, 3.8) is 0 Å². The van der Waals surface area contributed by atoms with Crippen LogP contribution in [0.2, 0.25) is 0 Å². The van der Waals surface area contributed by atoms with Crippen molar-refractivity contribution in [2.75, 3.05) is 13.7 Å². The molecule has 23 heavy (non-hydrogen) atoms. The fourth-order valence-corrected chi connectivity index (χ4v) is 2.13. The molecule has 7 heteroatoms. The molecule has 0 saturated heterocycles. The average Bonchev–Trinajstić information content (AvgIpc) is 3.29. The molecule has 1 aromatic rings. The average molecular weight is 327 g/mol. The van der Waals surface area contributed by atoms with Gasteiger partial charge in [0, 0.05) is 17.4 Å². The van der Waals surface area contributed by atoms with E-state index in [0.29, 0.717) is 11.1 Å². The summed E-state index contributed by atoms with van der Waals surface area (Å²) in [5, 5.41) is 0. The summed E-state index contributed by atoms with van der Waals surface area (Å²) in [7, 11) is 1.35. The predicted molar refractivity (Wildman–Crippen MR) is 79.5 cm³/mol. The monoisotopic (exact) mass is 327 g/mol. The van der Waals surface area contributed by atoms with Gasteiger partial charge in [-0.05, 0) is 31.6 Å². The van der Waals surface area contributed by atoms with Crippen LogP contribution in [-0.2, 0) is 15.1 Å². The Morgan fingerprint density at radius 3 is 2.52 bits per heavy atom. The third-order valence-electron chi connectivity index (χ3n) is 3.46. The second kappa shape index (κ2) is 6.06. The van der Waals surface area contributed by atoms with E-state index in [1.165, 1.54) is 31.4 Å². The van der Waals surface area contributed by atoms with E-state index < -0.39 is 17.7 Å². The first-order chi connectivity index (χ1) is 10.7. The van der Waals surface area contributed by atoms with Gasteiger partial charge in [0.2, 0.25) is 5.54 Å². The Kier molecular flexibility index (Phi) is 4.49. The third kappa shape index (κ3) is 3.23. The van der Waals surface area contributed by atoms with Crippen LogP contribution in [-0.4, -0.2) is 32.1 Å². The molecule has 1 unspecified atom stereocenters. The number of rotatable bonds is 5. The molecular weight excluding hydrogens is 311 g/mol. The zero-order valence-electron chi connectivity index (χ0n) is 12.9. The van der Waals surface area contributed by atoms with E-state index in [2.05, 4.69) is 4.99 Å². The third-order valence-corrected chi connectivity index (χ3v) is 3.46. The number of benzene rings is 1. The maximum absolute atomic E-state index is 13.1. The van der Waals surface area contributed by atoms with Crippen LogP contribution in [0.1, 0.15) is 25.0 Å². The lowest BCUT2D eigenvalue weighted by Crippen LogP contribution is -2.31. The van der Waals surface area contributed by atoms with Gasteiger partial charge in [-0.25, -0.2) is 4.79 Å². The van der Waals surface area contributed by atoms with Crippen LogP contribution < -0.4 is 4.74 Å². The number of halogens is 3. The van der Waals surface area contributed by atoms with Crippen LogP contribution in [0.5, 0.6) is 5.75 Å². The van der Waals surface area contributed by atoms with Crippen molar-refractivity contribution < 1.29 is 27.4 Å². The highest BCUT2D eigenvalue weighted by Crippen LogP contribution is 2.48. The summed E-state index contributed by atoms with van der Waals surface area (Å²) in [4.78, 5) is 15.0. The highest BCUT2D eigenvalue weighted by atomic mass is 19.4. The van der Waals surface area contributed by atoms with E-state index in [1.54, 1.807) is 13.8 Å². The van der Waals surface area contributed by atoms with Crippen LogP contribution in [0.4, 0.5) is 13.2 Å². The molecule has 0 N–H and O–H groups in total. The molecule has 0 bridgehead atoms. The van der Waals surface area contributed by atoms with Gasteiger partial charge in [0.25, 0.3) is 0 Å². The summed E-state index contributed by atoms with van der Waals surface area (Å²) < 4.78 is 49.2. The highest BCUT2D eigenvalue weighted by molar-refractivity contribution is 5.93. The molecule has 0 aromatic heterocycles. The Morgan fingerprint density at radius 2 is 2.04 bits per heavy atom. The number of esters is 1. The minimum atomic E-state index is -4.49. The highest BCUT2D eigenvalue weighted by Gasteiger charge is 2.61. The molecular formula is C16H16F3NO3. The number of hydrogen-bond acceptors (Lipinski definition) is 4. The molecule has 1 aliphatic rings. The Morgan fingerprint density at radius 1 is 1.39 bits per heavy atom. The fraction of sp³-hybridized carbons (Fsp3) is 0.375. The smallest absolute Gasteiger partial charge is 0.422 e. The molecule has 124 valence electrons. The zero-order valence-corrected chi connectivity index (χ0v) is 12.9. The number of alkyl halides is 3. The fourth-order valence-electron chi connectivity index (χ4n) is 2.13. The number of aliphatic imine (C=N–C) groups is 1. The van der Waals surface area contributed by atoms with Gasteiger partial charge in [0.1, 0.15) is 5.75 Å². The van der Waals surface area contributed by atoms with Gasteiger partial charge in [-0.3, -0.25) is 4.99 Å². The van der Waals surface area contributed by atoms with Crippen molar-refractivity contribution in [1.29, 1.82) is 0 Å². The lowest BCUT2D eigenvalue weighted by Gasteiger charge is -2.19. The first kappa shape index (κ1) is 17.1. The molecule has 1 heterocycles. The molecule has 1 aliphatic heterocycles. The molecule has 1 atom stereocenters. The summed E-state index contributed by atoms with van der Waals surface area (Å²) in [5.74, 6) is -0.263. The van der Waals surface area contributed by atoms with E-state index in [9.17, 15) is 18.0 Å². The van der Waals surface area contributed by atoms with Crippen molar-refractivity contribution >= 4 is 18.3 Å². The molecule has 1 aromatic carbocycles. The number of hydrogen-bond donors (Lipinski definition) is 0. The van der Waals surface area contributed by atoms with Crippen LogP contribution in [0.25, 0.3) is 6.08 Å². The minimum absolute atomic E-state index is 0.0206. The van der Waals surface area contributed by atoms with Crippen molar-refractivity contribution in [2.45, 2.75) is 25.6 Å². The van der Waals surface area contributed by atoms with Crippen LogP contribution in [0.3, 0.4) is 0 Å². The first-order valence-electron chi connectivity index (χ1n) is 6.92. The molecule has 0 saturated carbocycles. The molecule has 0 radical (unpaired) electrons. The summed E-state index contributed by atoms with van der Waals surface area (Å²) in [6.07, 6.45) is -2.12. The molecule has 4 nitrogen and oxygen atoms in total. The number of ether oxygens (including phenoxy) is 2. The molecule has 2 rings (SSSR count). The maximum Gasteiger partial charge on any atom is 0.422 e. The largest absolute Gasteiger partial charge is 0.496 e. The number of carbonyl (C=O) groups is 1. The first-order valence-corrected chi connectivity index (χ1v) is 6.92. The molecule has 0 fully saturated rings. The topological polar surface area (TPSA) is 47.9 Å². The standard InChI is InChI=1S/C16H16F3NO3/c1-4-23-14(21)10(2)7-11-5-6-12(8-13(11)22-3)15(9-20-15)16(17,18)19/h5-9H,4H2,1-3H3/b10-7+. The van der Waals surface area contributed by atoms with Gasteiger partial charge in [-0.1, -0.05) is 12.1 Å². The van der Waals surface area contributed by atoms with Crippen LogP contribution in [0.15, 0.2) is 28.8 Å². The lowest BCUT2D eigenvalue weighted by molar-refractivity contribution is -0.156. The van der Waals surface area contributed by atoms with Crippen molar-refractivity contribution in [3.05, 3.63) is 34.9 Å². The van der Waals surface area contributed by atoms with E-state index in [0.717, 1.165) is 6.21 Å². The minimum Gasteiger partial charge on any atom is -0.496 e. The molecule has 0 spiro atoms. The predicted octanol–water partition coefficient (Wildman–Crippen LogP) is 3.50. The summed E-state index contributed by atoms with van der Waals surface area (Å²) >= 11 is 0. The van der Waals surface area contributed by atoms with Crippen molar-refractivity contribution in [2.24, 2.45) is 4.99 Å². The van der Waals surface area contributed by atoms with Crippen LogP contribution >= 0.6 is 0 Å². The number of carbonyl (C=O) groups excluding carboxylic acids is 1. The van der Waals surface area contributed by atoms with E-state index >= 15 is 0 Å². The van der Waals surface area contributed by atoms with Gasteiger partial charge in [-0.15, -0.1) is 0 Å². The van der Waals surface area contributed by atoms with Gasteiger partial charge < -0.3 is 9.47 Å². The van der Waals surface area contributed by atoms with E-state index in [-0.39, 0.29) is 17.9 Å². The van der Waals surface area contributed by atoms with Crippen molar-refractivity contribution in [1.82, 2.24) is 0 Å². The quantitative estimate of drug-likeness (QED) is 0.614. The van der Waals surface area contributed by atoms with Gasteiger partial charge in [0.05, 0.1) is 13.7 Å². The Bertz CT molecular complexity index is 672. The second-order valence-electron chi connectivity index (χ2n) is 5.03. The summed E-state index contributed by atoms with van der Waals surface area (Å²) in [6.45, 7) is 3.49. The molecule has 0 amide bonds. The summed E-state index contributed by atoms with van der Waals surface area (Å²) in [5.41, 5.74) is -1.46. The summed E-state index contributed by atoms with van der Waals surface area (Å²) in [6, 6.07) is 4.07.